The molecule has 1 saturated heterocycles. The summed E-state index contributed by atoms with van der Waals surface area (Å²) in [4.78, 5) is 34.2. The molecule has 0 spiro atoms. The zero-order valence-electron chi connectivity index (χ0n) is 16.5. The molecule has 5 rings (SSSR count). The van der Waals surface area contributed by atoms with Crippen LogP contribution in [0.4, 0.5) is 4.79 Å². The molecule has 0 radical (unpaired) electrons. The summed E-state index contributed by atoms with van der Waals surface area (Å²) in [6.45, 7) is 3.77. The Kier molecular flexibility index (Phi) is 4.52. The van der Waals surface area contributed by atoms with E-state index in [1.54, 1.807) is 4.90 Å². The number of H-pyrrole nitrogens is 2. The van der Waals surface area contributed by atoms with Crippen LogP contribution in [-0.2, 0) is 6.54 Å². The molecule has 7 heteroatoms. The van der Waals surface area contributed by atoms with Gasteiger partial charge in [0, 0.05) is 49.1 Å². The Hall–Kier alpha value is -3.58. The van der Waals surface area contributed by atoms with Crippen LogP contribution in [0.2, 0.25) is 0 Å². The van der Waals surface area contributed by atoms with Crippen molar-refractivity contribution in [2.24, 2.45) is 5.73 Å². The number of piperazine rings is 1. The number of rotatable bonds is 3. The molecule has 2 aromatic heterocycles. The summed E-state index contributed by atoms with van der Waals surface area (Å²) in [6, 6.07) is 17.7. The summed E-state index contributed by atoms with van der Waals surface area (Å²) in [5, 5.41) is 2.08. The standard InChI is InChI=1S/C23H23N5O2/c24-23(30)28-9-7-27(8-10-28)14-15-5-6-20-17(11-15)13-21(25-20)18-12-16-3-1-2-4-19(16)26-22(18)29/h1-6,11-13,25H,7-10,14H2,(H2,24,30)(H,26,29). The molecule has 0 atom stereocenters. The van der Waals surface area contributed by atoms with E-state index in [2.05, 4.69) is 33.1 Å². The SMILES string of the molecule is NC(=O)N1CCN(Cc2ccc3[nH]c(-c4cc5ccccc5[nH]c4=O)cc3c2)CC1. The normalized spacial score (nSPS) is 15.1. The Morgan fingerprint density at radius 1 is 0.900 bits per heavy atom. The third kappa shape index (κ3) is 3.44. The average Bonchev–Trinajstić information content (AvgIpc) is 3.16. The van der Waals surface area contributed by atoms with Gasteiger partial charge in [0.15, 0.2) is 0 Å². The minimum absolute atomic E-state index is 0.104. The number of nitrogens with two attached hydrogens (primary N) is 1. The number of aromatic amines is 2. The molecular weight excluding hydrogens is 378 g/mol. The van der Waals surface area contributed by atoms with Crippen LogP contribution in [0, 0.1) is 0 Å². The number of para-hydroxylation sites is 1. The lowest BCUT2D eigenvalue weighted by atomic mass is 10.1. The molecule has 0 unspecified atom stereocenters. The summed E-state index contributed by atoms with van der Waals surface area (Å²) >= 11 is 0. The lowest BCUT2D eigenvalue weighted by Gasteiger charge is -2.33. The highest BCUT2D eigenvalue weighted by Crippen LogP contribution is 2.25. The van der Waals surface area contributed by atoms with Gasteiger partial charge in [-0.3, -0.25) is 9.69 Å². The Labute approximate surface area is 173 Å². The molecule has 1 aliphatic heterocycles. The van der Waals surface area contributed by atoms with Gasteiger partial charge in [0.25, 0.3) is 5.56 Å². The van der Waals surface area contributed by atoms with Crippen molar-refractivity contribution in [3.63, 3.8) is 0 Å². The highest BCUT2D eigenvalue weighted by molar-refractivity contribution is 5.89. The zero-order valence-corrected chi connectivity index (χ0v) is 16.5. The van der Waals surface area contributed by atoms with Crippen molar-refractivity contribution >= 4 is 27.8 Å². The second-order valence-corrected chi connectivity index (χ2v) is 7.81. The van der Waals surface area contributed by atoms with Crippen LogP contribution in [0.5, 0.6) is 0 Å². The van der Waals surface area contributed by atoms with Gasteiger partial charge < -0.3 is 20.6 Å². The van der Waals surface area contributed by atoms with Crippen molar-refractivity contribution in [2.45, 2.75) is 6.54 Å². The van der Waals surface area contributed by atoms with E-state index in [0.29, 0.717) is 18.7 Å². The fraction of sp³-hybridized carbons (Fsp3) is 0.217. The summed E-state index contributed by atoms with van der Waals surface area (Å²) in [7, 11) is 0. The predicted octanol–water partition coefficient (Wildman–Crippen LogP) is 2.87. The molecule has 0 aliphatic carbocycles. The topological polar surface area (TPSA) is 98.2 Å². The number of aromatic nitrogens is 2. The molecular formula is C23H23N5O2. The predicted molar refractivity (Wildman–Crippen MR) is 118 cm³/mol. The quantitative estimate of drug-likeness (QED) is 0.492. The minimum atomic E-state index is -0.348. The van der Waals surface area contributed by atoms with Crippen LogP contribution < -0.4 is 11.3 Å². The van der Waals surface area contributed by atoms with Gasteiger partial charge in [-0.25, -0.2) is 4.79 Å². The van der Waals surface area contributed by atoms with Crippen molar-refractivity contribution in [2.75, 3.05) is 26.2 Å². The molecule has 2 aromatic carbocycles. The number of nitrogens with one attached hydrogen (secondary N) is 2. The molecule has 2 amide bonds. The molecule has 1 aliphatic rings. The van der Waals surface area contributed by atoms with Crippen LogP contribution in [0.3, 0.4) is 0 Å². The van der Waals surface area contributed by atoms with E-state index in [1.165, 1.54) is 5.56 Å². The Bertz CT molecular complexity index is 1300. The number of hydrogen-bond donors (Lipinski definition) is 3. The van der Waals surface area contributed by atoms with Gasteiger partial charge in [-0.15, -0.1) is 0 Å². The second-order valence-electron chi connectivity index (χ2n) is 7.81. The van der Waals surface area contributed by atoms with Gasteiger partial charge in [0.05, 0.1) is 11.3 Å². The highest BCUT2D eigenvalue weighted by atomic mass is 16.2. The lowest BCUT2D eigenvalue weighted by Crippen LogP contribution is -2.50. The number of carbonyl (C=O) groups excluding carboxylic acids is 1. The van der Waals surface area contributed by atoms with Crippen LogP contribution >= 0.6 is 0 Å². The van der Waals surface area contributed by atoms with Crippen LogP contribution in [0.15, 0.2) is 59.4 Å². The summed E-state index contributed by atoms with van der Waals surface area (Å²) in [5.74, 6) is 0. The first-order valence-corrected chi connectivity index (χ1v) is 10.1. The number of amides is 2. The van der Waals surface area contributed by atoms with Gasteiger partial charge in [0.2, 0.25) is 0 Å². The van der Waals surface area contributed by atoms with Crippen LogP contribution in [0.1, 0.15) is 5.56 Å². The first kappa shape index (κ1) is 18.4. The lowest BCUT2D eigenvalue weighted by molar-refractivity contribution is 0.140. The largest absolute Gasteiger partial charge is 0.354 e. The molecule has 152 valence electrons. The van der Waals surface area contributed by atoms with Gasteiger partial charge in [-0.05, 0) is 41.3 Å². The molecule has 0 saturated carbocycles. The molecule has 0 bridgehead atoms. The van der Waals surface area contributed by atoms with Crippen molar-refractivity contribution in [1.29, 1.82) is 0 Å². The Morgan fingerprint density at radius 2 is 1.67 bits per heavy atom. The number of hydrogen-bond acceptors (Lipinski definition) is 3. The number of benzene rings is 2. The van der Waals surface area contributed by atoms with E-state index in [0.717, 1.165) is 47.1 Å². The van der Waals surface area contributed by atoms with Gasteiger partial charge >= 0.3 is 6.03 Å². The van der Waals surface area contributed by atoms with Crippen LogP contribution in [0.25, 0.3) is 33.1 Å². The van der Waals surface area contributed by atoms with E-state index in [4.69, 9.17) is 5.73 Å². The minimum Gasteiger partial charge on any atom is -0.354 e. The fourth-order valence-corrected chi connectivity index (χ4v) is 4.16. The second kappa shape index (κ2) is 7.35. The maximum atomic E-state index is 12.6. The van der Waals surface area contributed by atoms with E-state index in [1.807, 2.05) is 36.4 Å². The Balaban J connectivity index is 1.40. The van der Waals surface area contributed by atoms with E-state index >= 15 is 0 Å². The van der Waals surface area contributed by atoms with E-state index < -0.39 is 0 Å². The molecule has 3 heterocycles. The molecule has 4 N–H and O–H groups in total. The van der Waals surface area contributed by atoms with E-state index in [-0.39, 0.29) is 11.6 Å². The number of pyridine rings is 1. The molecule has 7 nitrogen and oxygen atoms in total. The zero-order chi connectivity index (χ0) is 20.7. The van der Waals surface area contributed by atoms with Crippen LogP contribution in [-0.4, -0.2) is 52.0 Å². The summed E-state index contributed by atoms with van der Waals surface area (Å²) in [6.07, 6.45) is 0. The van der Waals surface area contributed by atoms with Gasteiger partial charge in [0.1, 0.15) is 0 Å². The maximum absolute atomic E-state index is 12.6. The van der Waals surface area contributed by atoms with Crippen molar-refractivity contribution in [3.8, 4) is 11.3 Å². The fourth-order valence-electron chi connectivity index (χ4n) is 4.16. The molecule has 4 aromatic rings. The third-order valence-electron chi connectivity index (χ3n) is 5.82. The van der Waals surface area contributed by atoms with Crippen molar-refractivity contribution in [1.82, 2.24) is 19.8 Å². The monoisotopic (exact) mass is 401 g/mol. The molecule has 1 fully saturated rings. The first-order chi connectivity index (χ1) is 14.6. The molecule has 30 heavy (non-hydrogen) atoms. The smallest absolute Gasteiger partial charge is 0.314 e. The number of carbonyl (C=O) groups is 1. The van der Waals surface area contributed by atoms with Crippen molar-refractivity contribution < 1.29 is 4.79 Å². The maximum Gasteiger partial charge on any atom is 0.314 e. The van der Waals surface area contributed by atoms with E-state index in [9.17, 15) is 9.59 Å². The highest BCUT2D eigenvalue weighted by Gasteiger charge is 2.19. The number of fused-ring (bicyclic) bond motifs is 2. The number of nitrogens with zero attached hydrogens (tertiary/aromatic N) is 2. The Morgan fingerprint density at radius 3 is 2.47 bits per heavy atom. The first-order valence-electron chi connectivity index (χ1n) is 10.1. The number of urea groups is 1. The summed E-state index contributed by atoms with van der Waals surface area (Å²) in [5.41, 5.74) is 9.73. The van der Waals surface area contributed by atoms with Gasteiger partial charge in [-0.2, -0.15) is 0 Å². The summed E-state index contributed by atoms with van der Waals surface area (Å²) < 4.78 is 0. The third-order valence-corrected chi connectivity index (χ3v) is 5.82. The number of primary amides is 1. The van der Waals surface area contributed by atoms with Gasteiger partial charge in [-0.1, -0.05) is 24.3 Å². The average molecular weight is 401 g/mol. The van der Waals surface area contributed by atoms with Crippen molar-refractivity contribution in [3.05, 3.63) is 70.5 Å².